The van der Waals surface area contributed by atoms with E-state index in [0.29, 0.717) is 6.04 Å². The van der Waals surface area contributed by atoms with E-state index in [1.165, 1.54) is 24.8 Å². The van der Waals surface area contributed by atoms with E-state index in [1.54, 1.807) is 0 Å². The van der Waals surface area contributed by atoms with Gasteiger partial charge in [0.05, 0.1) is 0 Å². The molecule has 1 aromatic heterocycles. The maximum atomic E-state index is 4.73. The van der Waals surface area contributed by atoms with Crippen molar-refractivity contribution in [3.63, 3.8) is 0 Å². The molecule has 0 radical (unpaired) electrons. The summed E-state index contributed by atoms with van der Waals surface area (Å²) < 4.78 is 0. The van der Waals surface area contributed by atoms with E-state index in [2.05, 4.69) is 42.9 Å². The van der Waals surface area contributed by atoms with E-state index in [1.807, 2.05) is 6.92 Å². The molecule has 4 heteroatoms. The zero-order chi connectivity index (χ0) is 14.7. The van der Waals surface area contributed by atoms with Crippen LogP contribution in [0.1, 0.15) is 51.4 Å². The van der Waals surface area contributed by atoms with Crippen LogP contribution in [0.2, 0.25) is 0 Å². The second-order valence-electron chi connectivity index (χ2n) is 6.21. The highest BCUT2D eigenvalue weighted by Crippen LogP contribution is 2.34. The van der Waals surface area contributed by atoms with Crippen LogP contribution in [0.3, 0.4) is 0 Å². The van der Waals surface area contributed by atoms with E-state index >= 15 is 0 Å². The number of rotatable bonds is 7. The van der Waals surface area contributed by atoms with Gasteiger partial charge >= 0.3 is 0 Å². The van der Waals surface area contributed by atoms with Gasteiger partial charge in [-0.25, -0.2) is 9.97 Å². The minimum atomic E-state index is 0.691. The second-order valence-corrected chi connectivity index (χ2v) is 6.21. The maximum absolute atomic E-state index is 4.73. The molecule has 0 amide bonds. The predicted molar refractivity (Wildman–Crippen MR) is 85.5 cm³/mol. The molecule has 2 rings (SSSR count). The molecule has 0 saturated heterocycles. The summed E-state index contributed by atoms with van der Waals surface area (Å²) in [6.45, 7) is 12.8. The zero-order valence-electron chi connectivity index (χ0n) is 13.5. The van der Waals surface area contributed by atoms with Crippen molar-refractivity contribution in [2.75, 3.05) is 23.3 Å². The molecule has 0 aromatic carbocycles. The Kier molecular flexibility index (Phi) is 4.84. The quantitative estimate of drug-likeness (QED) is 0.827. The first-order valence-corrected chi connectivity index (χ1v) is 7.88. The Morgan fingerprint density at radius 1 is 1.25 bits per heavy atom. The fourth-order valence-corrected chi connectivity index (χ4v) is 2.48. The molecule has 0 atom stereocenters. The van der Waals surface area contributed by atoms with Crippen LogP contribution in [0.5, 0.6) is 0 Å². The minimum Gasteiger partial charge on any atom is -0.370 e. The van der Waals surface area contributed by atoms with E-state index in [-0.39, 0.29) is 0 Å². The number of aromatic nitrogens is 2. The van der Waals surface area contributed by atoms with Crippen LogP contribution >= 0.6 is 0 Å². The summed E-state index contributed by atoms with van der Waals surface area (Å²) in [4.78, 5) is 11.8. The number of hydrogen-bond donors (Lipinski definition) is 1. The standard InChI is InChI=1S/C16H28N4/c1-6-17-15-12(4)16(19-13(5)18-15)20(14-7-8-14)10-9-11(2)3/h11,14H,6-10H2,1-5H3,(H,17,18,19). The SMILES string of the molecule is CCNc1nc(C)nc(N(CCC(C)C)C2CC2)c1C. The Labute approximate surface area is 123 Å². The van der Waals surface area contributed by atoms with Crippen molar-refractivity contribution >= 4 is 11.6 Å². The van der Waals surface area contributed by atoms with Gasteiger partial charge in [0.1, 0.15) is 17.5 Å². The molecule has 1 fully saturated rings. The first kappa shape index (κ1) is 15.1. The van der Waals surface area contributed by atoms with Crippen molar-refractivity contribution in [2.24, 2.45) is 5.92 Å². The average molecular weight is 276 g/mol. The van der Waals surface area contributed by atoms with Crippen LogP contribution in [0.4, 0.5) is 11.6 Å². The lowest BCUT2D eigenvalue weighted by Gasteiger charge is -2.27. The van der Waals surface area contributed by atoms with Crippen LogP contribution in [-0.4, -0.2) is 29.1 Å². The normalized spacial score (nSPS) is 14.7. The first-order chi connectivity index (χ1) is 9.52. The second kappa shape index (κ2) is 6.42. The van der Waals surface area contributed by atoms with Gasteiger partial charge in [-0.2, -0.15) is 0 Å². The Bertz CT molecular complexity index is 452. The van der Waals surface area contributed by atoms with Crippen LogP contribution in [0.25, 0.3) is 0 Å². The van der Waals surface area contributed by atoms with Crippen molar-refractivity contribution < 1.29 is 0 Å². The summed E-state index contributed by atoms with van der Waals surface area (Å²) in [5, 5.41) is 3.36. The van der Waals surface area contributed by atoms with Crippen molar-refractivity contribution in [3.8, 4) is 0 Å². The fourth-order valence-electron chi connectivity index (χ4n) is 2.48. The zero-order valence-corrected chi connectivity index (χ0v) is 13.5. The largest absolute Gasteiger partial charge is 0.370 e. The number of anilines is 2. The van der Waals surface area contributed by atoms with Crippen molar-refractivity contribution in [3.05, 3.63) is 11.4 Å². The molecule has 0 aliphatic heterocycles. The molecule has 1 aliphatic carbocycles. The van der Waals surface area contributed by atoms with Gasteiger partial charge in [-0.3, -0.25) is 0 Å². The van der Waals surface area contributed by atoms with Gasteiger partial charge in [-0.1, -0.05) is 13.8 Å². The topological polar surface area (TPSA) is 41.1 Å². The minimum absolute atomic E-state index is 0.691. The van der Waals surface area contributed by atoms with Crippen LogP contribution in [0.15, 0.2) is 0 Å². The third-order valence-electron chi connectivity index (χ3n) is 3.78. The van der Waals surface area contributed by atoms with Crippen LogP contribution in [-0.2, 0) is 0 Å². The highest BCUT2D eigenvalue weighted by molar-refractivity contribution is 5.59. The third-order valence-corrected chi connectivity index (χ3v) is 3.78. The Morgan fingerprint density at radius 2 is 1.95 bits per heavy atom. The molecular formula is C16H28N4. The molecule has 1 aromatic rings. The number of aryl methyl sites for hydroxylation is 1. The van der Waals surface area contributed by atoms with Crippen LogP contribution in [0, 0.1) is 19.8 Å². The van der Waals surface area contributed by atoms with Gasteiger partial charge in [0, 0.05) is 24.7 Å². The Balaban J connectivity index is 2.27. The molecular weight excluding hydrogens is 248 g/mol. The van der Waals surface area contributed by atoms with Gasteiger partial charge < -0.3 is 10.2 Å². The lowest BCUT2D eigenvalue weighted by Crippen LogP contribution is -2.30. The molecule has 0 unspecified atom stereocenters. The van der Waals surface area contributed by atoms with Crippen molar-refractivity contribution in [1.29, 1.82) is 0 Å². The molecule has 1 aliphatic rings. The van der Waals surface area contributed by atoms with Crippen molar-refractivity contribution in [2.45, 2.75) is 59.9 Å². The van der Waals surface area contributed by atoms with E-state index in [9.17, 15) is 0 Å². The third kappa shape index (κ3) is 3.62. The van der Waals surface area contributed by atoms with Gasteiger partial charge in [0.15, 0.2) is 0 Å². The fraction of sp³-hybridized carbons (Fsp3) is 0.750. The molecule has 1 heterocycles. The molecule has 0 bridgehead atoms. The van der Waals surface area contributed by atoms with E-state index in [0.717, 1.165) is 36.5 Å². The number of nitrogens with zero attached hydrogens (tertiary/aromatic N) is 3. The summed E-state index contributed by atoms with van der Waals surface area (Å²) in [6.07, 6.45) is 3.82. The molecule has 1 N–H and O–H groups in total. The Hall–Kier alpha value is -1.32. The van der Waals surface area contributed by atoms with E-state index < -0.39 is 0 Å². The molecule has 112 valence electrons. The summed E-state index contributed by atoms with van der Waals surface area (Å²) in [6, 6.07) is 0.691. The monoisotopic (exact) mass is 276 g/mol. The average Bonchev–Trinajstić information content (AvgIpc) is 3.19. The summed E-state index contributed by atoms with van der Waals surface area (Å²) in [5.74, 6) is 3.71. The summed E-state index contributed by atoms with van der Waals surface area (Å²) in [5.41, 5.74) is 1.19. The molecule has 0 spiro atoms. The van der Waals surface area contributed by atoms with Gasteiger partial charge in [-0.05, 0) is 46.0 Å². The van der Waals surface area contributed by atoms with Crippen molar-refractivity contribution in [1.82, 2.24) is 9.97 Å². The highest BCUT2D eigenvalue weighted by atomic mass is 15.2. The molecule has 4 nitrogen and oxygen atoms in total. The summed E-state index contributed by atoms with van der Waals surface area (Å²) >= 11 is 0. The molecule has 1 saturated carbocycles. The van der Waals surface area contributed by atoms with Crippen LogP contribution < -0.4 is 10.2 Å². The lowest BCUT2D eigenvalue weighted by molar-refractivity contribution is 0.567. The molecule has 20 heavy (non-hydrogen) atoms. The van der Waals surface area contributed by atoms with Gasteiger partial charge in [-0.15, -0.1) is 0 Å². The first-order valence-electron chi connectivity index (χ1n) is 7.88. The number of nitrogens with one attached hydrogen (secondary N) is 1. The maximum Gasteiger partial charge on any atom is 0.137 e. The lowest BCUT2D eigenvalue weighted by atomic mass is 10.1. The van der Waals surface area contributed by atoms with E-state index in [4.69, 9.17) is 4.98 Å². The number of hydrogen-bond acceptors (Lipinski definition) is 4. The predicted octanol–water partition coefficient (Wildman–Crippen LogP) is 3.54. The smallest absolute Gasteiger partial charge is 0.137 e. The van der Waals surface area contributed by atoms with Gasteiger partial charge in [0.25, 0.3) is 0 Å². The Morgan fingerprint density at radius 3 is 2.50 bits per heavy atom. The summed E-state index contributed by atoms with van der Waals surface area (Å²) in [7, 11) is 0. The highest BCUT2D eigenvalue weighted by Gasteiger charge is 2.31. The van der Waals surface area contributed by atoms with Gasteiger partial charge in [0.2, 0.25) is 0 Å².